The van der Waals surface area contributed by atoms with Crippen LogP contribution in [0, 0.1) is 11.8 Å². The van der Waals surface area contributed by atoms with Gasteiger partial charge in [-0.15, -0.1) is 0 Å². The van der Waals surface area contributed by atoms with Gasteiger partial charge in [-0.1, -0.05) is 239 Å². The van der Waals surface area contributed by atoms with E-state index in [9.17, 15) is 43.2 Å². The van der Waals surface area contributed by atoms with Crippen LogP contribution in [0.4, 0.5) is 0 Å². The molecular weight excluding hydrogens is 1100 g/mol. The number of carbonyl (C=O) groups excluding carboxylic acids is 4. The molecule has 0 aliphatic heterocycles. The van der Waals surface area contributed by atoms with E-state index in [4.69, 9.17) is 37.0 Å². The number of phosphoric acid groups is 2. The standard InChI is InChI=1S/C64H120O17P2/c1-7-10-12-14-16-18-19-20-21-22-23-25-27-36-42-48-63(68)80-59(53-75-62(67)47-41-35-31-29-33-39-45-57(6)9-3)54-78-82(70,71)76-50-58(65)51-77-83(72,73)79-55-60(81-64(69)49-43-37-30-28-32-38-44-56(4)5)52-74-61(66)46-40-34-26-24-17-15-13-11-8-2/h18-21,56-60,65H,7-17,22-55H2,1-6H3,(H,70,71)(H,72,73)/b19-18-,21-20-/t57?,58-,59-,60-/m1/s1. The Hall–Kier alpha value is -2.46. The molecule has 19 heteroatoms. The van der Waals surface area contributed by atoms with E-state index < -0.39 is 97.5 Å². The number of hydrogen-bond acceptors (Lipinski definition) is 15. The van der Waals surface area contributed by atoms with Crippen molar-refractivity contribution in [2.45, 2.75) is 310 Å². The second-order valence-electron chi connectivity index (χ2n) is 23.2. The van der Waals surface area contributed by atoms with Crippen LogP contribution in [0.15, 0.2) is 24.3 Å². The van der Waals surface area contributed by atoms with Crippen LogP contribution in [0.5, 0.6) is 0 Å². The summed E-state index contributed by atoms with van der Waals surface area (Å²) in [6, 6.07) is 0. The molecule has 0 amide bonds. The summed E-state index contributed by atoms with van der Waals surface area (Å²) in [6.45, 7) is 9.27. The molecule has 6 atom stereocenters. The first-order valence-corrected chi connectivity index (χ1v) is 35.8. The highest BCUT2D eigenvalue weighted by Crippen LogP contribution is 2.45. The average molecular weight is 1220 g/mol. The second kappa shape index (κ2) is 56.1. The molecule has 0 radical (unpaired) electrons. The van der Waals surface area contributed by atoms with E-state index in [0.29, 0.717) is 31.6 Å². The first-order chi connectivity index (χ1) is 39.9. The minimum absolute atomic E-state index is 0.0836. The van der Waals surface area contributed by atoms with E-state index in [1.807, 2.05) is 0 Å². The maximum atomic E-state index is 13.0. The lowest BCUT2D eigenvalue weighted by Gasteiger charge is -2.21. The van der Waals surface area contributed by atoms with E-state index in [2.05, 4.69) is 65.8 Å². The molecule has 0 aromatic carbocycles. The monoisotopic (exact) mass is 1220 g/mol. The van der Waals surface area contributed by atoms with E-state index in [1.165, 1.54) is 89.9 Å². The summed E-state index contributed by atoms with van der Waals surface area (Å²) < 4.78 is 67.9. The molecule has 0 aliphatic rings. The molecule has 0 aromatic rings. The highest BCUT2D eigenvalue weighted by atomic mass is 31.2. The van der Waals surface area contributed by atoms with Crippen molar-refractivity contribution in [3.63, 3.8) is 0 Å². The molecule has 0 bridgehead atoms. The summed E-state index contributed by atoms with van der Waals surface area (Å²) in [5.41, 5.74) is 0. The number of esters is 4. The third-order valence-electron chi connectivity index (χ3n) is 14.4. The van der Waals surface area contributed by atoms with Gasteiger partial charge < -0.3 is 33.8 Å². The SMILES string of the molecule is CCCCCC/C=C\C=C/CCCCCCCC(=O)O[C@H](COC(=O)CCCCCCCCC(C)CC)COP(=O)(O)OC[C@@H](O)COP(=O)(O)OC[C@@H](COC(=O)CCCCCCCCCCC)OC(=O)CCCCCCCCC(C)C. The van der Waals surface area contributed by atoms with Gasteiger partial charge in [-0.05, 0) is 63.2 Å². The van der Waals surface area contributed by atoms with E-state index in [1.54, 1.807) is 0 Å². The Kier molecular flexibility index (Phi) is 54.4. The number of unbranched alkanes of at least 4 members (excludes halogenated alkanes) is 27. The first kappa shape index (κ1) is 80.5. The number of phosphoric ester groups is 2. The maximum absolute atomic E-state index is 13.0. The van der Waals surface area contributed by atoms with E-state index in [-0.39, 0.29) is 25.7 Å². The highest BCUT2D eigenvalue weighted by Gasteiger charge is 2.30. The van der Waals surface area contributed by atoms with E-state index in [0.717, 1.165) is 115 Å². The average Bonchev–Trinajstić information content (AvgIpc) is 3.47. The lowest BCUT2D eigenvalue weighted by molar-refractivity contribution is -0.161. The van der Waals surface area contributed by atoms with Gasteiger partial charge in [0.1, 0.15) is 19.3 Å². The smallest absolute Gasteiger partial charge is 0.462 e. The largest absolute Gasteiger partial charge is 0.472 e. The summed E-state index contributed by atoms with van der Waals surface area (Å²) >= 11 is 0. The second-order valence-corrected chi connectivity index (χ2v) is 26.1. The fraction of sp³-hybridized carbons (Fsp3) is 0.875. The third kappa shape index (κ3) is 57.1. The minimum atomic E-state index is -4.95. The summed E-state index contributed by atoms with van der Waals surface area (Å²) in [5.74, 6) is -0.776. The summed E-state index contributed by atoms with van der Waals surface area (Å²) in [4.78, 5) is 72.1. The van der Waals surface area contributed by atoms with Crippen LogP contribution in [0.3, 0.4) is 0 Å². The predicted octanol–water partition coefficient (Wildman–Crippen LogP) is 17.2. The van der Waals surface area contributed by atoms with Gasteiger partial charge >= 0.3 is 39.5 Å². The summed E-state index contributed by atoms with van der Waals surface area (Å²) in [6.07, 6.45) is 41.4. The number of rotatable bonds is 61. The van der Waals surface area contributed by atoms with Crippen LogP contribution < -0.4 is 0 Å². The van der Waals surface area contributed by atoms with Gasteiger partial charge in [-0.2, -0.15) is 0 Å². The van der Waals surface area contributed by atoms with Crippen molar-refractivity contribution < 1.29 is 80.2 Å². The molecule has 0 saturated carbocycles. The van der Waals surface area contributed by atoms with E-state index >= 15 is 0 Å². The summed E-state index contributed by atoms with van der Waals surface area (Å²) in [7, 11) is -9.90. The number of hydrogen-bond donors (Lipinski definition) is 3. The van der Waals surface area contributed by atoms with Crippen LogP contribution in [0.1, 0.15) is 292 Å². The molecule has 3 N–H and O–H groups in total. The van der Waals surface area contributed by atoms with Crippen molar-refractivity contribution >= 4 is 39.5 Å². The van der Waals surface area contributed by atoms with Crippen LogP contribution in [-0.4, -0.2) is 96.7 Å². The van der Waals surface area contributed by atoms with Crippen molar-refractivity contribution in [2.75, 3.05) is 39.6 Å². The van der Waals surface area contributed by atoms with Crippen LogP contribution in [0.25, 0.3) is 0 Å². The van der Waals surface area contributed by atoms with Crippen molar-refractivity contribution in [3.05, 3.63) is 24.3 Å². The molecule has 0 saturated heterocycles. The van der Waals surface area contributed by atoms with Gasteiger partial charge in [-0.3, -0.25) is 37.3 Å². The lowest BCUT2D eigenvalue weighted by atomic mass is 10.00. The Morgan fingerprint density at radius 3 is 1.08 bits per heavy atom. The number of carbonyl (C=O) groups is 4. The molecule has 0 rings (SSSR count). The van der Waals surface area contributed by atoms with Gasteiger partial charge in [0.15, 0.2) is 12.2 Å². The normalized spacial score (nSPS) is 14.8. The predicted molar refractivity (Wildman–Crippen MR) is 331 cm³/mol. The summed E-state index contributed by atoms with van der Waals surface area (Å²) in [5, 5.41) is 10.5. The number of aliphatic hydroxyl groups is 1. The third-order valence-corrected chi connectivity index (χ3v) is 16.3. The molecule has 3 unspecified atom stereocenters. The van der Waals surface area contributed by atoms with Gasteiger partial charge in [0.25, 0.3) is 0 Å². The molecule has 0 aliphatic carbocycles. The van der Waals surface area contributed by atoms with Gasteiger partial charge in [0.2, 0.25) is 0 Å². The van der Waals surface area contributed by atoms with Crippen LogP contribution in [-0.2, 0) is 65.4 Å². The fourth-order valence-corrected chi connectivity index (χ4v) is 10.5. The Balaban J connectivity index is 5.27. The Morgan fingerprint density at radius 1 is 0.398 bits per heavy atom. The molecule has 0 aromatic heterocycles. The molecule has 488 valence electrons. The zero-order valence-corrected chi connectivity index (χ0v) is 54.8. The first-order valence-electron chi connectivity index (χ1n) is 32.8. The zero-order valence-electron chi connectivity index (χ0n) is 53.0. The highest BCUT2D eigenvalue weighted by molar-refractivity contribution is 7.47. The van der Waals surface area contributed by atoms with Gasteiger partial charge in [0, 0.05) is 25.7 Å². The minimum Gasteiger partial charge on any atom is -0.462 e. The molecule has 0 fully saturated rings. The zero-order chi connectivity index (χ0) is 61.5. The van der Waals surface area contributed by atoms with Crippen LogP contribution in [0.2, 0.25) is 0 Å². The number of allylic oxidation sites excluding steroid dienone is 4. The topological polar surface area (TPSA) is 237 Å². The van der Waals surface area contributed by atoms with Crippen molar-refractivity contribution in [2.24, 2.45) is 11.8 Å². The number of ether oxygens (including phenoxy) is 4. The Morgan fingerprint density at radius 2 is 0.711 bits per heavy atom. The maximum Gasteiger partial charge on any atom is 0.472 e. The van der Waals surface area contributed by atoms with Crippen molar-refractivity contribution in [1.82, 2.24) is 0 Å². The molecule has 83 heavy (non-hydrogen) atoms. The van der Waals surface area contributed by atoms with Gasteiger partial charge in [-0.25, -0.2) is 9.13 Å². The molecule has 17 nitrogen and oxygen atoms in total. The molecule has 0 heterocycles. The Bertz CT molecular complexity index is 1730. The fourth-order valence-electron chi connectivity index (χ4n) is 8.96. The Labute approximate surface area is 503 Å². The van der Waals surface area contributed by atoms with Gasteiger partial charge in [0.05, 0.1) is 26.4 Å². The number of aliphatic hydroxyl groups excluding tert-OH is 1. The lowest BCUT2D eigenvalue weighted by Crippen LogP contribution is -2.30. The van der Waals surface area contributed by atoms with Crippen LogP contribution >= 0.6 is 15.6 Å². The van der Waals surface area contributed by atoms with Crippen molar-refractivity contribution in [3.8, 4) is 0 Å². The molecular formula is C64H120O17P2. The van der Waals surface area contributed by atoms with Crippen molar-refractivity contribution in [1.29, 1.82) is 0 Å². The molecule has 0 spiro atoms. The quantitative estimate of drug-likeness (QED) is 0.0169.